The van der Waals surface area contributed by atoms with E-state index in [-0.39, 0.29) is 5.69 Å². The van der Waals surface area contributed by atoms with E-state index in [1.54, 1.807) is 18.2 Å². The molecule has 0 aliphatic carbocycles. The zero-order chi connectivity index (χ0) is 14.5. The van der Waals surface area contributed by atoms with Crippen molar-refractivity contribution in [2.24, 2.45) is 0 Å². The minimum absolute atomic E-state index is 0.00624. The zero-order valence-electron chi connectivity index (χ0n) is 11.5. The Bertz CT molecular complexity index is 614. The molecule has 0 bridgehead atoms. The Hall–Kier alpha value is -2.21. The van der Waals surface area contributed by atoms with Crippen LogP contribution in [0, 0.1) is 10.1 Å². The van der Waals surface area contributed by atoms with Gasteiger partial charge in [-0.1, -0.05) is 19.9 Å². The van der Waals surface area contributed by atoms with Crippen LogP contribution in [0.4, 0.5) is 5.69 Å². The molecule has 2 aromatic rings. The number of non-ortho nitro benzene ring substituents is 1. The number of nitrogens with zero attached hydrogens (tertiary/aromatic N) is 2. The molecule has 1 aromatic heterocycles. The average Bonchev–Trinajstić information content (AvgIpc) is 2.42. The minimum atomic E-state index is -0.431. The lowest BCUT2D eigenvalue weighted by molar-refractivity contribution is -0.383. The fourth-order valence-corrected chi connectivity index (χ4v) is 1.92. The van der Waals surface area contributed by atoms with Crippen LogP contribution >= 0.6 is 0 Å². The summed E-state index contributed by atoms with van der Waals surface area (Å²) in [5, 5.41) is 14.9. The van der Waals surface area contributed by atoms with E-state index in [0.717, 1.165) is 6.54 Å². The Kier molecular flexibility index (Phi) is 4.47. The van der Waals surface area contributed by atoms with Crippen molar-refractivity contribution in [3.63, 3.8) is 0 Å². The lowest BCUT2D eigenvalue weighted by atomic mass is 10.2. The third-order valence-corrected chi connectivity index (χ3v) is 2.82. The van der Waals surface area contributed by atoms with Gasteiger partial charge in [0.25, 0.3) is 5.69 Å². The predicted octanol–water partition coefficient (Wildman–Crippen LogP) is 2.52. The van der Waals surface area contributed by atoms with Gasteiger partial charge in [-0.2, -0.15) is 0 Å². The Balaban J connectivity index is 2.22. The second-order valence-corrected chi connectivity index (χ2v) is 4.70. The molecule has 0 aliphatic rings. The summed E-state index contributed by atoms with van der Waals surface area (Å²) >= 11 is 0. The molecular weight excluding hydrogens is 258 g/mol. The summed E-state index contributed by atoms with van der Waals surface area (Å²) in [5.74, 6) is 0.615. The number of hydrogen-bond donors (Lipinski definition) is 1. The first-order chi connectivity index (χ1) is 9.59. The molecule has 0 saturated carbocycles. The van der Waals surface area contributed by atoms with E-state index >= 15 is 0 Å². The van der Waals surface area contributed by atoms with E-state index in [0.29, 0.717) is 29.3 Å². The van der Waals surface area contributed by atoms with Crippen LogP contribution in [0.5, 0.6) is 5.75 Å². The summed E-state index contributed by atoms with van der Waals surface area (Å²) in [6.45, 7) is 5.34. The highest BCUT2D eigenvalue weighted by Crippen LogP contribution is 2.29. The lowest BCUT2D eigenvalue weighted by Crippen LogP contribution is -2.27. The molecule has 0 saturated heterocycles. The van der Waals surface area contributed by atoms with E-state index in [1.807, 2.05) is 0 Å². The number of aromatic nitrogens is 1. The van der Waals surface area contributed by atoms with Gasteiger partial charge in [-0.3, -0.25) is 10.1 Å². The number of nitro groups is 1. The summed E-state index contributed by atoms with van der Waals surface area (Å²) < 4.78 is 5.68. The quantitative estimate of drug-likeness (QED) is 0.498. The fourth-order valence-electron chi connectivity index (χ4n) is 1.92. The van der Waals surface area contributed by atoms with Crippen LogP contribution in [0.15, 0.2) is 30.5 Å². The standard InChI is InChI=1S/C14H17N3O3/c1-10(2)15-8-9-20-13-6-7-16-14-11(13)4-3-5-12(14)17(18)19/h3-7,10,15H,8-9H2,1-2H3. The van der Waals surface area contributed by atoms with Gasteiger partial charge in [-0.15, -0.1) is 0 Å². The van der Waals surface area contributed by atoms with Crippen LogP contribution in [0.25, 0.3) is 10.9 Å². The molecule has 6 nitrogen and oxygen atoms in total. The highest BCUT2D eigenvalue weighted by atomic mass is 16.6. The zero-order valence-corrected chi connectivity index (χ0v) is 11.5. The average molecular weight is 275 g/mol. The van der Waals surface area contributed by atoms with Crippen LogP contribution < -0.4 is 10.1 Å². The van der Waals surface area contributed by atoms with Crippen molar-refractivity contribution in [3.05, 3.63) is 40.6 Å². The number of ether oxygens (including phenoxy) is 1. The monoisotopic (exact) mass is 275 g/mol. The van der Waals surface area contributed by atoms with Gasteiger partial charge in [0, 0.05) is 30.2 Å². The smallest absolute Gasteiger partial charge is 0.295 e. The highest BCUT2D eigenvalue weighted by molar-refractivity contribution is 5.91. The van der Waals surface area contributed by atoms with Crippen molar-refractivity contribution in [1.29, 1.82) is 0 Å². The molecule has 0 amide bonds. The fraction of sp³-hybridized carbons (Fsp3) is 0.357. The van der Waals surface area contributed by atoms with Crippen molar-refractivity contribution in [2.75, 3.05) is 13.2 Å². The number of para-hydroxylation sites is 1. The van der Waals surface area contributed by atoms with Crippen molar-refractivity contribution in [1.82, 2.24) is 10.3 Å². The van der Waals surface area contributed by atoms with Crippen LogP contribution in [-0.2, 0) is 0 Å². The van der Waals surface area contributed by atoms with Gasteiger partial charge in [0.1, 0.15) is 12.4 Å². The summed E-state index contributed by atoms with van der Waals surface area (Å²) in [4.78, 5) is 14.6. The van der Waals surface area contributed by atoms with Crippen molar-refractivity contribution in [3.8, 4) is 5.75 Å². The number of rotatable bonds is 6. The Morgan fingerprint density at radius 1 is 1.40 bits per heavy atom. The van der Waals surface area contributed by atoms with Crippen molar-refractivity contribution < 1.29 is 9.66 Å². The molecule has 20 heavy (non-hydrogen) atoms. The van der Waals surface area contributed by atoms with E-state index < -0.39 is 4.92 Å². The second kappa shape index (κ2) is 6.29. The van der Waals surface area contributed by atoms with Crippen LogP contribution in [-0.4, -0.2) is 29.1 Å². The lowest BCUT2D eigenvalue weighted by Gasteiger charge is -2.11. The van der Waals surface area contributed by atoms with Gasteiger partial charge in [-0.05, 0) is 12.1 Å². The third-order valence-electron chi connectivity index (χ3n) is 2.82. The van der Waals surface area contributed by atoms with Crippen molar-refractivity contribution >= 4 is 16.6 Å². The van der Waals surface area contributed by atoms with Crippen LogP contribution in [0.2, 0.25) is 0 Å². The van der Waals surface area contributed by atoms with E-state index in [1.165, 1.54) is 12.3 Å². The van der Waals surface area contributed by atoms with Gasteiger partial charge >= 0.3 is 0 Å². The summed E-state index contributed by atoms with van der Waals surface area (Å²) in [5.41, 5.74) is 0.347. The first-order valence-corrected chi connectivity index (χ1v) is 6.48. The van der Waals surface area contributed by atoms with Gasteiger partial charge in [0.05, 0.1) is 4.92 Å². The molecule has 0 radical (unpaired) electrons. The number of hydrogen-bond acceptors (Lipinski definition) is 5. The summed E-state index contributed by atoms with van der Waals surface area (Å²) in [6.07, 6.45) is 1.53. The van der Waals surface area contributed by atoms with Crippen LogP contribution in [0.1, 0.15) is 13.8 Å². The normalized spacial score (nSPS) is 10.9. The van der Waals surface area contributed by atoms with Gasteiger partial charge in [0.15, 0.2) is 5.52 Å². The molecule has 106 valence electrons. The molecule has 0 atom stereocenters. The molecule has 1 N–H and O–H groups in total. The first kappa shape index (κ1) is 14.2. The Morgan fingerprint density at radius 2 is 2.20 bits per heavy atom. The third kappa shape index (κ3) is 3.21. The molecule has 6 heteroatoms. The highest BCUT2D eigenvalue weighted by Gasteiger charge is 2.14. The summed E-state index contributed by atoms with van der Waals surface area (Å²) in [7, 11) is 0. The molecule has 0 spiro atoms. The maximum Gasteiger partial charge on any atom is 0.295 e. The number of nitrogens with one attached hydrogen (secondary N) is 1. The van der Waals surface area contributed by atoms with Crippen molar-refractivity contribution in [2.45, 2.75) is 19.9 Å². The molecule has 1 heterocycles. The van der Waals surface area contributed by atoms with E-state index in [9.17, 15) is 10.1 Å². The number of benzene rings is 1. The van der Waals surface area contributed by atoms with Crippen LogP contribution in [0.3, 0.4) is 0 Å². The number of nitro benzene ring substituents is 1. The van der Waals surface area contributed by atoms with Gasteiger partial charge in [-0.25, -0.2) is 4.98 Å². The molecule has 2 rings (SSSR count). The topological polar surface area (TPSA) is 77.3 Å². The Labute approximate surface area is 116 Å². The van der Waals surface area contributed by atoms with E-state index in [4.69, 9.17) is 4.74 Å². The maximum atomic E-state index is 11.0. The Morgan fingerprint density at radius 3 is 2.90 bits per heavy atom. The molecule has 0 fully saturated rings. The van der Waals surface area contributed by atoms with E-state index in [2.05, 4.69) is 24.1 Å². The first-order valence-electron chi connectivity index (χ1n) is 6.48. The number of pyridine rings is 1. The largest absolute Gasteiger partial charge is 0.491 e. The minimum Gasteiger partial charge on any atom is -0.491 e. The van der Waals surface area contributed by atoms with Gasteiger partial charge in [0.2, 0.25) is 0 Å². The summed E-state index contributed by atoms with van der Waals surface area (Å²) in [6, 6.07) is 6.98. The SMILES string of the molecule is CC(C)NCCOc1ccnc2c([N+](=O)[O-])cccc12. The number of fused-ring (bicyclic) bond motifs is 1. The predicted molar refractivity (Wildman–Crippen MR) is 77.0 cm³/mol. The molecule has 0 unspecified atom stereocenters. The van der Waals surface area contributed by atoms with Gasteiger partial charge < -0.3 is 10.1 Å². The maximum absolute atomic E-state index is 11.0. The molecule has 1 aromatic carbocycles. The molecule has 0 aliphatic heterocycles. The molecular formula is C14H17N3O3. The second-order valence-electron chi connectivity index (χ2n) is 4.70.